The molecular weight excluding hydrogens is 308 g/mol. The second kappa shape index (κ2) is 9.67. The van der Waals surface area contributed by atoms with Gasteiger partial charge in [-0.05, 0) is 60.7 Å². The Bertz CT molecular complexity index is 610. The molecule has 0 spiro atoms. The number of aryl methyl sites for hydroxylation is 1. The SMILES string of the molecule is CCCOc1ccc2c(C)c(OCCCCCCCl)ccc2c1. The molecule has 126 valence electrons. The molecule has 2 aromatic rings. The van der Waals surface area contributed by atoms with Crippen molar-refractivity contribution in [3.63, 3.8) is 0 Å². The average Bonchev–Trinajstić information content (AvgIpc) is 2.58. The summed E-state index contributed by atoms with van der Waals surface area (Å²) in [6, 6.07) is 10.5. The van der Waals surface area contributed by atoms with Crippen LogP contribution in [0.3, 0.4) is 0 Å². The largest absolute Gasteiger partial charge is 0.494 e. The minimum atomic E-state index is 0.759. The van der Waals surface area contributed by atoms with Crippen LogP contribution in [-0.2, 0) is 0 Å². The monoisotopic (exact) mass is 334 g/mol. The molecule has 0 radical (unpaired) electrons. The van der Waals surface area contributed by atoms with Crippen molar-refractivity contribution >= 4 is 22.4 Å². The van der Waals surface area contributed by atoms with E-state index in [4.69, 9.17) is 21.1 Å². The lowest BCUT2D eigenvalue weighted by molar-refractivity contribution is 0.303. The summed E-state index contributed by atoms with van der Waals surface area (Å²) in [7, 11) is 0. The molecule has 0 aliphatic heterocycles. The quantitative estimate of drug-likeness (QED) is 0.385. The van der Waals surface area contributed by atoms with Crippen molar-refractivity contribution in [1.29, 1.82) is 0 Å². The molecule has 0 atom stereocenters. The lowest BCUT2D eigenvalue weighted by Gasteiger charge is -2.12. The second-order valence-corrected chi connectivity index (χ2v) is 6.25. The fourth-order valence-electron chi connectivity index (χ4n) is 2.64. The van der Waals surface area contributed by atoms with E-state index in [-0.39, 0.29) is 0 Å². The van der Waals surface area contributed by atoms with Gasteiger partial charge in [0.05, 0.1) is 13.2 Å². The molecule has 3 heteroatoms. The standard InChI is InChI=1S/C20H27ClO2/c1-3-13-22-18-9-10-19-16(2)20(11-8-17(19)15-18)23-14-7-5-4-6-12-21/h8-11,15H,3-7,12-14H2,1-2H3. The lowest BCUT2D eigenvalue weighted by Crippen LogP contribution is -1.99. The van der Waals surface area contributed by atoms with Gasteiger partial charge in [-0.1, -0.05) is 31.9 Å². The zero-order valence-electron chi connectivity index (χ0n) is 14.2. The number of unbranched alkanes of at least 4 members (excludes halogenated alkanes) is 3. The fourth-order valence-corrected chi connectivity index (χ4v) is 2.83. The van der Waals surface area contributed by atoms with Crippen LogP contribution in [0.4, 0.5) is 0 Å². The number of rotatable bonds is 10. The number of hydrogen-bond donors (Lipinski definition) is 0. The third kappa shape index (κ3) is 5.31. The maximum atomic E-state index is 5.96. The van der Waals surface area contributed by atoms with E-state index in [0.717, 1.165) is 49.9 Å². The molecule has 0 unspecified atom stereocenters. The first-order valence-electron chi connectivity index (χ1n) is 8.61. The predicted octanol–water partition coefficient (Wildman–Crippen LogP) is 6.12. The van der Waals surface area contributed by atoms with Gasteiger partial charge in [-0.25, -0.2) is 0 Å². The highest BCUT2D eigenvalue weighted by Gasteiger charge is 2.06. The highest BCUT2D eigenvalue weighted by atomic mass is 35.5. The maximum Gasteiger partial charge on any atom is 0.122 e. The van der Waals surface area contributed by atoms with Crippen LogP contribution in [0.25, 0.3) is 10.8 Å². The summed E-state index contributed by atoms with van der Waals surface area (Å²) >= 11 is 5.69. The molecule has 0 amide bonds. The van der Waals surface area contributed by atoms with E-state index < -0.39 is 0 Å². The number of halogens is 1. The molecule has 0 N–H and O–H groups in total. The number of ether oxygens (including phenoxy) is 2. The zero-order valence-corrected chi connectivity index (χ0v) is 15.0. The van der Waals surface area contributed by atoms with Crippen molar-refractivity contribution in [2.45, 2.75) is 46.0 Å². The fraction of sp³-hybridized carbons (Fsp3) is 0.500. The van der Waals surface area contributed by atoms with Crippen LogP contribution in [0.1, 0.15) is 44.6 Å². The van der Waals surface area contributed by atoms with Gasteiger partial charge in [-0.2, -0.15) is 0 Å². The van der Waals surface area contributed by atoms with E-state index >= 15 is 0 Å². The Morgan fingerprint density at radius 1 is 0.913 bits per heavy atom. The highest BCUT2D eigenvalue weighted by Crippen LogP contribution is 2.30. The number of hydrogen-bond acceptors (Lipinski definition) is 2. The Kier molecular flexibility index (Phi) is 7.54. The molecule has 0 heterocycles. The van der Waals surface area contributed by atoms with Crippen molar-refractivity contribution in [1.82, 2.24) is 0 Å². The maximum absolute atomic E-state index is 5.96. The Balaban J connectivity index is 1.98. The van der Waals surface area contributed by atoms with E-state index in [1.165, 1.54) is 29.2 Å². The van der Waals surface area contributed by atoms with Crippen molar-refractivity contribution < 1.29 is 9.47 Å². The summed E-state index contributed by atoms with van der Waals surface area (Å²) in [4.78, 5) is 0. The second-order valence-electron chi connectivity index (χ2n) is 5.87. The van der Waals surface area contributed by atoms with Gasteiger partial charge in [-0.3, -0.25) is 0 Å². The first kappa shape index (κ1) is 17.9. The van der Waals surface area contributed by atoms with Crippen LogP contribution in [0.15, 0.2) is 30.3 Å². The molecule has 2 aromatic carbocycles. The summed E-state index contributed by atoms with van der Waals surface area (Å²) in [5.74, 6) is 2.68. The smallest absolute Gasteiger partial charge is 0.122 e. The first-order valence-corrected chi connectivity index (χ1v) is 9.14. The summed E-state index contributed by atoms with van der Waals surface area (Å²) < 4.78 is 11.7. The van der Waals surface area contributed by atoms with Crippen molar-refractivity contribution in [3.8, 4) is 11.5 Å². The molecule has 0 aromatic heterocycles. The molecule has 2 rings (SSSR count). The van der Waals surface area contributed by atoms with Crippen molar-refractivity contribution in [3.05, 3.63) is 35.9 Å². The number of alkyl halides is 1. The van der Waals surface area contributed by atoms with Crippen molar-refractivity contribution in [2.24, 2.45) is 0 Å². The minimum Gasteiger partial charge on any atom is -0.494 e. The molecular formula is C20H27ClO2. The van der Waals surface area contributed by atoms with Gasteiger partial charge in [-0.15, -0.1) is 11.6 Å². The van der Waals surface area contributed by atoms with Crippen LogP contribution in [0.2, 0.25) is 0 Å². The normalized spacial score (nSPS) is 10.9. The third-order valence-corrected chi connectivity index (χ3v) is 4.24. The zero-order chi connectivity index (χ0) is 16.5. The molecule has 0 aliphatic rings. The van der Waals surface area contributed by atoms with Crippen LogP contribution in [0.5, 0.6) is 11.5 Å². The summed E-state index contributed by atoms with van der Waals surface area (Å²) in [6.45, 7) is 5.77. The number of fused-ring (bicyclic) bond motifs is 1. The van der Waals surface area contributed by atoms with Gasteiger partial charge in [0.2, 0.25) is 0 Å². The molecule has 0 aliphatic carbocycles. The lowest BCUT2D eigenvalue weighted by atomic mass is 10.0. The summed E-state index contributed by atoms with van der Waals surface area (Å²) in [5, 5.41) is 2.43. The van der Waals surface area contributed by atoms with Gasteiger partial charge < -0.3 is 9.47 Å². The van der Waals surface area contributed by atoms with Crippen LogP contribution >= 0.6 is 11.6 Å². The number of benzene rings is 2. The highest BCUT2D eigenvalue weighted by molar-refractivity contribution is 6.17. The Morgan fingerprint density at radius 2 is 1.74 bits per heavy atom. The van der Waals surface area contributed by atoms with E-state index in [9.17, 15) is 0 Å². The van der Waals surface area contributed by atoms with E-state index in [2.05, 4.69) is 38.1 Å². The molecule has 0 fully saturated rings. The van der Waals surface area contributed by atoms with Gasteiger partial charge in [0.15, 0.2) is 0 Å². The first-order chi connectivity index (χ1) is 11.3. The Hall–Kier alpha value is -1.41. The molecule has 0 saturated carbocycles. The molecule has 23 heavy (non-hydrogen) atoms. The van der Waals surface area contributed by atoms with Gasteiger partial charge in [0.25, 0.3) is 0 Å². The predicted molar refractivity (Wildman–Crippen MR) is 99.2 cm³/mol. The van der Waals surface area contributed by atoms with Crippen LogP contribution in [0, 0.1) is 6.92 Å². The van der Waals surface area contributed by atoms with E-state index in [1.807, 2.05) is 6.07 Å². The van der Waals surface area contributed by atoms with Gasteiger partial charge in [0, 0.05) is 5.88 Å². The van der Waals surface area contributed by atoms with Gasteiger partial charge >= 0.3 is 0 Å². The van der Waals surface area contributed by atoms with Gasteiger partial charge in [0.1, 0.15) is 11.5 Å². The topological polar surface area (TPSA) is 18.5 Å². The van der Waals surface area contributed by atoms with Crippen molar-refractivity contribution in [2.75, 3.05) is 19.1 Å². The third-order valence-electron chi connectivity index (χ3n) is 3.97. The van der Waals surface area contributed by atoms with Crippen LogP contribution < -0.4 is 9.47 Å². The molecule has 0 bridgehead atoms. The van der Waals surface area contributed by atoms with Crippen LogP contribution in [-0.4, -0.2) is 19.1 Å². The van der Waals surface area contributed by atoms with E-state index in [0.29, 0.717) is 0 Å². The Morgan fingerprint density at radius 3 is 2.52 bits per heavy atom. The summed E-state index contributed by atoms with van der Waals surface area (Å²) in [5.41, 5.74) is 1.20. The minimum absolute atomic E-state index is 0.759. The average molecular weight is 335 g/mol. The molecule has 2 nitrogen and oxygen atoms in total. The van der Waals surface area contributed by atoms with E-state index in [1.54, 1.807) is 0 Å². The summed E-state index contributed by atoms with van der Waals surface area (Å²) in [6.07, 6.45) is 5.56. The Labute approximate surface area is 144 Å². The molecule has 0 saturated heterocycles.